The second-order valence-corrected chi connectivity index (χ2v) is 7.13. The van der Waals surface area contributed by atoms with Gasteiger partial charge in [-0.2, -0.15) is 0 Å². The van der Waals surface area contributed by atoms with E-state index < -0.39 is 0 Å². The van der Waals surface area contributed by atoms with Gasteiger partial charge in [-0.05, 0) is 38.3 Å². The number of benzene rings is 1. The maximum Gasteiger partial charge on any atom is 0.195 e. The summed E-state index contributed by atoms with van der Waals surface area (Å²) in [7, 11) is 3.47. The number of unbranched alkanes of at least 4 members (excludes halogenated alkanes) is 1. The first-order valence-corrected chi connectivity index (χ1v) is 10.2. The molecule has 28 heavy (non-hydrogen) atoms. The number of hydrogen-bond donors (Lipinski definition) is 2. The van der Waals surface area contributed by atoms with Crippen LogP contribution in [0, 0.1) is 6.92 Å². The van der Waals surface area contributed by atoms with E-state index in [0.29, 0.717) is 13.2 Å². The summed E-state index contributed by atoms with van der Waals surface area (Å²) < 4.78 is 10.8. The Morgan fingerprint density at radius 2 is 2.07 bits per heavy atom. The Balaban J connectivity index is 0.00000392. The molecule has 1 aromatic heterocycles. The minimum Gasteiger partial charge on any atom is -0.493 e. The molecule has 1 aromatic carbocycles. The molecule has 156 valence electrons. The van der Waals surface area contributed by atoms with Crippen LogP contribution in [0.15, 0.2) is 34.6 Å². The zero-order valence-electron chi connectivity index (χ0n) is 16.9. The zero-order chi connectivity index (χ0) is 19.3. The van der Waals surface area contributed by atoms with E-state index in [1.807, 2.05) is 31.2 Å². The molecule has 2 aromatic rings. The number of rotatable bonds is 11. The summed E-state index contributed by atoms with van der Waals surface area (Å²) in [6.07, 6.45) is 4.09. The number of aryl methyl sites for hydroxylation is 2. The van der Waals surface area contributed by atoms with Gasteiger partial charge in [0, 0.05) is 56.6 Å². The first kappa shape index (κ1) is 24.6. The van der Waals surface area contributed by atoms with Gasteiger partial charge < -0.3 is 20.1 Å². The number of hydrogen-bond acceptors (Lipinski definition) is 5. The van der Waals surface area contributed by atoms with Crippen molar-refractivity contribution < 1.29 is 9.47 Å². The quantitative estimate of drug-likeness (QED) is 0.199. The molecule has 0 atom stereocenters. The van der Waals surface area contributed by atoms with Crippen molar-refractivity contribution in [3.8, 4) is 5.75 Å². The van der Waals surface area contributed by atoms with Crippen LogP contribution in [0.1, 0.15) is 30.0 Å². The molecule has 0 saturated heterocycles. The number of halogens is 1. The molecule has 2 N–H and O–H groups in total. The van der Waals surface area contributed by atoms with Crippen LogP contribution >= 0.6 is 35.3 Å². The highest BCUT2D eigenvalue weighted by molar-refractivity contribution is 14.0. The molecule has 0 aliphatic heterocycles. The smallest absolute Gasteiger partial charge is 0.195 e. The lowest BCUT2D eigenvalue weighted by Gasteiger charge is -2.13. The molecule has 0 radical (unpaired) electrons. The molecular weight excluding hydrogens is 487 g/mol. The number of aliphatic imine (C=N–C) groups is 1. The van der Waals surface area contributed by atoms with Crippen LogP contribution in [-0.2, 0) is 11.2 Å². The van der Waals surface area contributed by atoms with E-state index in [4.69, 9.17) is 9.47 Å². The van der Waals surface area contributed by atoms with Crippen molar-refractivity contribution in [1.82, 2.24) is 10.3 Å². The topological polar surface area (TPSA) is 67.8 Å². The normalized spacial score (nSPS) is 11.0. The van der Waals surface area contributed by atoms with Gasteiger partial charge in [-0.1, -0.05) is 6.07 Å². The number of aromatic nitrogens is 1. The van der Waals surface area contributed by atoms with Gasteiger partial charge in [0.1, 0.15) is 5.75 Å². The lowest BCUT2D eigenvalue weighted by atomic mass is 10.2. The Labute approximate surface area is 189 Å². The summed E-state index contributed by atoms with van der Waals surface area (Å²) in [5.74, 6) is 1.60. The van der Waals surface area contributed by atoms with E-state index in [2.05, 4.69) is 26.0 Å². The molecule has 0 spiro atoms. The Bertz CT molecular complexity index is 709. The lowest BCUT2D eigenvalue weighted by Crippen LogP contribution is -2.31. The number of ether oxygens (including phenoxy) is 2. The van der Waals surface area contributed by atoms with Gasteiger partial charge in [0.2, 0.25) is 0 Å². The van der Waals surface area contributed by atoms with Crippen LogP contribution in [0.3, 0.4) is 0 Å². The summed E-state index contributed by atoms with van der Waals surface area (Å²) in [5, 5.41) is 9.99. The van der Waals surface area contributed by atoms with Gasteiger partial charge in [0.05, 0.1) is 11.6 Å². The monoisotopic (exact) mass is 518 g/mol. The summed E-state index contributed by atoms with van der Waals surface area (Å²) in [6, 6.07) is 7.90. The number of nitrogens with one attached hydrogen (secondary N) is 2. The van der Waals surface area contributed by atoms with Crippen LogP contribution in [0.5, 0.6) is 5.75 Å². The van der Waals surface area contributed by atoms with Crippen molar-refractivity contribution in [1.29, 1.82) is 0 Å². The fourth-order valence-corrected chi connectivity index (χ4v) is 3.32. The Kier molecular flexibility index (Phi) is 12.8. The number of guanidine groups is 1. The van der Waals surface area contributed by atoms with Gasteiger partial charge >= 0.3 is 0 Å². The van der Waals surface area contributed by atoms with Crippen molar-refractivity contribution >= 4 is 47.0 Å². The van der Waals surface area contributed by atoms with Gasteiger partial charge in [-0.25, -0.2) is 4.98 Å². The summed E-state index contributed by atoms with van der Waals surface area (Å²) >= 11 is 1.74. The average molecular weight is 518 g/mol. The summed E-state index contributed by atoms with van der Waals surface area (Å²) in [6.45, 7) is 4.26. The molecule has 0 aliphatic rings. The third-order valence-corrected chi connectivity index (χ3v) is 4.88. The van der Waals surface area contributed by atoms with Crippen LogP contribution in [-0.4, -0.2) is 44.9 Å². The predicted octanol–water partition coefficient (Wildman–Crippen LogP) is 4.50. The number of methoxy groups -OCH3 is 1. The van der Waals surface area contributed by atoms with E-state index in [1.165, 1.54) is 5.01 Å². The molecule has 1 heterocycles. The minimum atomic E-state index is 0. The Hall–Kier alpha value is -1.39. The second kappa shape index (κ2) is 14.6. The van der Waals surface area contributed by atoms with Crippen molar-refractivity contribution in [3.05, 3.63) is 40.3 Å². The van der Waals surface area contributed by atoms with Crippen LogP contribution in [0.4, 0.5) is 5.69 Å². The number of thiazole rings is 1. The molecule has 0 amide bonds. The standard InChI is InChI=1S/C20H30N4O2S.HI/c1-16-15-27-19(23-16)10-4-5-11-22-20(21-2)24-17-8-6-9-18(14-17)26-13-7-12-25-3;/h6,8-9,14-15H,4-5,7,10-13H2,1-3H3,(H2,21,22,24);1H. The largest absolute Gasteiger partial charge is 0.493 e. The van der Waals surface area contributed by atoms with Gasteiger partial charge in [-0.15, -0.1) is 35.3 Å². The minimum absolute atomic E-state index is 0. The van der Waals surface area contributed by atoms with E-state index in [1.54, 1.807) is 25.5 Å². The maximum absolute atomic E-state index is 5.74. The highest BCUT2D eigenvalue weighted by Crippen LogP contribution is 2.17. The molecule has 6 nitrogen and oxygen atoms in total. The van der Waals surface area contributed by atoms with E-state index in [9.17, 15) is 0 Å². The molecule has 0 bridgehead atoms. The van der Waals surface area contributed by atoms with E-state index in [-0.39, 0.29) is 24.0 Å². The molecule has 8 heteroatoms. The average Bonchev–Trinajstić information content (AvgIpc) is 3.09. The number of anilines is 1. The first-order chi connectivity index (χ1) is 13.2. The van der Waals surface area contributed by atoms with Crippen molar-refractivity contribution in [2.45, 2.75) is 32.6 Å². The third kappa shape index (κ3) is 9.70. The van der Waals surface area contributed by atoms with Gasteiger partial charge in [0.15, 0.2) is 5.96 Å². The summed E-state index contributed by atoms with van der Waals surface area (Å²) in [5.41, 5.74) is 2.06. The van der Waals surface area contributed by atoms with Gasteiger partial charge in [-0.3, -0.25) is 4.99 Å². The fraction of sp³-hybridized carbons (Fsp3) is 0.500. The lowest BCUT2D eigenvalue weighted by molar-refractivity contribution is 0.172. The zero-order valence-corrected chi connectivity index (χ0v) is 20.0. The Morgan fingerprint density at radius 3 is 2.79 bits per heavy atom. The number of nitrogens with zero attached hydrogens (tertiary/aromatic N) is 2. The predicted molar refractivity (Wildman–Crippen MR) is 129 cm³/mol. The molecule has 2 rings (SSSR count). The molecule has 0 aliphatic carbocycles. The van der Waals surface area contributed by atoms with Crippen molar-refractivity contribution in [2.24, 2.45) is 4.99 Å². The van der Waals surface area contributed by atoms with Gasteiger partial charge in [0.25, 0.3) is 0 Å². The molecular formula is C20H31IN4O2S. The molecule has 0 saturated carbocycles. The second-order valence-electron chi connectivity index (χ2n) is 6.19. The first-order valence-electron chi connectivity index (χ1n) is 9.31. The van der Waals surface area contributed by atoms with Crippen molar-refractivity contribution in [2.75, 3.05) is 39.2 Å². The van der Waals surface area contributed by atoms with Crippen LogP contribution in [0.2, 0.25) is 0 Å². The van der Waals surface area contributed by atoms with Crippen LogP contribution < -0.4 is 15.4 Å². The maximum atomic E-state index is 5.74. The van der Waals surface area contributed by atoms with E-state index in [0.717, 1.165) is 55.3 Å². The SMILES string of the molecule is CN=C(NCCCCc1nc(C)cs1)Nc1cccc(OCCCOC)c1.I. The highest BCUT2D eigenvalue weighted by Gasteiger charge is 2.02. The fourth-order valence-electron chi connectivity index (χ4n) is 2.50. The van der Waals surface area contributed by atoms with Crippen LogP contribution in [0.25, 0.3) is 0 Å². The summed E-state index contributed by atoms with van der Waals surface area (Å²) in [4.78, 5) is 8.78. The molecule has 0 unspecified atom stereocenters. The third-order valence-electron chi connectivity index (χ3n) is 3.86. The Morgan fingerprint density at radius 1 is 1.21 bits per heavy atom. The molecule has 0 fully saturated rings. The van der Waals surface area contributed by atoms with E-state index >= 15 is 0 Å². The highest BCUT2D eigenvalue weighted by atomic mass is 127. The van der Waals surface area contributed by atoms with Crippen molar-refractivity contribution in [3.63, 3.8) is 0 Å².